The summed E-state index contributed by atoms with van der Waals surface area (Å²) in [6.45, 7) is 3.54. The van der Waals surface area contributed by atoms with E-state index < -0.39 is 0 Å². The van der Waals surface area contributed by atoms with Gasteiger partial charge < -0.3 is 13.9 Å². The maximum Gasteiger partial charge on any atom is 0.230 e. The lowest BCUT2D eigenvalue weighted by molar-refractivity contribution is 0.138. The van der Waals surface area contributed by atoms with Gasteiger partial charge in [-0.1, -0.05) is 18.6 Å². The van der Waals surface area contributed by atoms with Crippen molar-refractivity contribution in [2.75, 3.05) is 20.8 Å². The number of hydrogen-bond donors (Lipinski definition) is 0. The molecular formula is C24H27FN2O3. The third-order valence-corrected chi connectivity index (χ3v) is 5.73. The van der Waals surface area contributed by atoms with Crippen molar-refractivity contribution in [3.8, 4) is 23.0 Å². The number of oxazole rings is 1. The minimum Gasteiger partial charge on any atom is -0.497 e. The van der Waals surface area contributed by atoms with Gasteiger partial charge in [0.25, 0.3) is 0 Å². The van der Waals surface area contributed by atoms with Crippen LogP contribution in [0.15, 0.2) is 46.9 Å². The van der Waals surface area contributed by atoms with Gasteiger partial charge in [-0.15, -0.1) is 0 Å². The van der Waals surface area contributed by atoms with Gasteiger partial charge in [0.2, 0.25) is 5.89 Å². The fourth-order valence-electron chi connectivity index (χ4n) is 4.14. The summed E-state index contributed by atoms with van der Waals surface area (Å²) in [5, 5.41) is 0. The number of ether oxygens (including phenoxy) is 2. The first-order valence-electron chi connectivity index (χ1n) is 10.3. The van der Waals surface area contributed by atoms with Crippen molar-refractivity contribution >= 4 is 0 Å². The monoisotopic (exact) mass is 410 g/mol. The van der Waals surface area contributed by atoms with E-state index in [1.54, 1.807) is 26.4 Å². The van der Waals surface area contributed by atoms with Crippen molar-refractivity contribution < 1.29 is 18.3 Å². The molecule has 2 aromatic carbocycles. The standard InChI is InChI=1S/C24H27FN2O3/c1-16-21(26-24(30-16)20-14-19(28-2)10-11-23(20)29-3)15-27-12-5-4-9-22(27)17-7-6-8-18(25)13-17/h6-8,10-11,13-14,22H,4-5,9,12,15H2,1-3H3/t22-/m1/s1. The molecule has 158 valence electrons. The number of piperidine rings is 1. The van der Waals surface area contributed by atoms with Crippen molar-refractivity contribution in [1.82, 2.24) is 9.88 Å². The number of halogens is 1. The first kappa shape index (κ1) is 20.4. The molecule has 6 heteroatoms. The zero-order valence-corrected chi connectivity index (χ0v) is 17.7. The van der Waals surface area contributed by atoms with Crippen LogP contribution >= 0.6 is 0 Å². The smallest absolute Gasteiger partial charge is 0.230 e. The summed E-state index contributed by atoms with van der Waals surface area (Å²) in [4.78, 5) is 7.16. The van der Waals surface area contributed by atoms with Crippen LogP contribution in [0.5, 0.6) is 11.5 Å². The molecule has 1 aliphatic heterocycles. The summed E-state index contributed by atoms with van der Waals surface area (Å²) in [5.74, 6) is 2.49. The summed E-state index contributed by atoms with van der Waals surface area (Å²) in [5.41, 5.74) is 2.66. The molecule has 0 N–H and O–H groups in total. The van der Waals surface area contributed by atoms with Crippen molar-refractivity contribution in [3.63, 3.8) is 0 Å². The Morgan fingerprint density at radius 3 is 2.77 bits per heavy atom. The number of methoxy groups -OCH3 is 2. The molecule has 0 radical (unpaired) electrons. The highest BCUT2D eigenvalue weighted by atomic mass is 19.1. The maximum absolute atomic E-state index is 13.8. The second-order valence-corrected chi connectivity index (χ2v) is 7.63. The lowest BCUT2D eigenvalue weighted by Crippen LogP contribution is -2.33. The highest BCUT2D eigenvalue weighted by molar-refractivity contribution is 5.65. The van der Waals surface area contributed by atoms with Crippen molar-refractivity contribution in [1.29, 1.82) is 0 Å². The van der Waals surface area contributed by atoms with Gasteiger partial charge in [-0.3, -0.25) is 4.90 Å². The number of aromatic nitrogens is 1. The first-order valence-corrected chi connectivity index (χ1v) is 10.3. The zero-order valence-electron chi connectivity index (χ0n) is 17.7. The van der Waals surface area contributed by atoms with Crippen LogP contribution in [0.25, 0.3) is 11.5 Å². The van der Waals surface area contributed by atoms with Gasteiger partial charge in [0, 0.05) is 12.6 Å². The first-order chi connectivity index (χ1) is 14.6. The number of likely N-dealkylation sites (tertiary alicyclic amines) is 1. The molecule has 0 bridgehead atoms. The molecule has 0 spiro atoms. The van der Waals surface area contributed by atoms with Gasteiger partial charge in [-0.2, -0.15) is 0 Å². The summed E-state index contributed by atoms with van der Waals surface area (Å²) in [6.07, 6.45) is 3.28. The lowest BCUT2D eigenvalue weighted by Gasteiger charge is -2.35. The fraction of sp³-hybridized carbons (Fsp3) is 0.375. The molecule has 5 nitrogen and oxygen atoms in total. The molecule has 4 rings (SSSR count). The number of rotatable bonds is 6. The Bertz CT molecular complexity index is 1020. The molecule has 0 aliphatic carbocycles. The van der Waals surface area contributed by atoms with Crippen LogP contribution in [-0.4, -0.2) is 30.6 Å². The van der Waals surface area contributed by atoms with E-state index in [2.05, 4.69) is 4.90 Å². The summed E-state index contributed by atoms with van der Waals surface area (Å²) < 4.78 is 30.6. The average Bonchev–Trinajstić information content (AvgIpc) is 3.13. The van der Waals surface area contributed by atoms with Crippen LogP contribution in [0, 0.1) is 12.7 Å². The van der Waals surface area contributed by atoms with Crippen LogP contribution in [0.2, 0.25) is 0 Å². The number of aryl methyl sites for hydroxylation is 1. The van der Waals surface area contributed by atoms with Crippen LogP contribution in [-0.2, 0) is 6.54 Å². The molecule has 1 atom stereocenters. The Kier molecular flexibility index (Phi) is 6.04. The van der Waals surface area contributed by atoms with Gasteiger partial charge in [0.05, 0.1) is 25.5 Å². The number of nitrogens with zero attached hydrogens (tertiary/aromatic N) is 2. The fourth-order valence-corrected chi connectivity index (χ4v) is 4.14. The predicted molar refractivity (Wildman–Crippen MR) is 113 cm³/mol. The van der Waals surface area contributed by atoms with E-state index in [-0.39, 0.29) is 11.9 Å². The van der Waals surface area contributed by atoms with Gasteiger partial charge >= 0.3 is 0 Å². The van der Waals surface area contributed by atoms with Crippen LogP contribution in [0.3, 0.4) is 0 Å². The summed E-state index contributed by atoms with van der Waals surface area (Å²) in [6, 6.07) is 12.7. The Balaban J connectivity index is 1.62. The van der Waals surface area contributed by atoms with E-state index in [4.69, 9.17) is 18.9 Å². The summed E-state index contributed by atoms with van der Waals surface area (Å²) >= 11 is 0. The minimum atomic E-state index is -0.192. The highest BCUT2D eigenvalue weighted by Crippen LogP contribution is 2.36. The number of hydrogen-bond acceptors (Lipinski definition) is 5. The van der Waals surface area contributed by atoms with E-state index in [0.29, 0.717) is 23.9 Å². The lowest BCUT2D eigenvalue weighted by atomic mass is 9.95. The van der Waals surface area contributed by atoms with Crippen LogP contribution in [0.1, 0.15) is 42.3 Å². The zero-order chi connectivity index (χ0) is 21.1. The molecule has 30 heavy (non-hydrogen) atoms. The largest absolute Gasteiger partial charge is 0.497 e. The molecular weight excluding hydrogens is 383 g/mol. The van der Waals surface area contributed by atoms with E-state index in [9.17, 15) is 4.39 Å². The molecule has 2 heterocycles. The van der Waals surface area contributed by atoms with E-state index in [1.165, 1.54) is 6.07 Å². The minimum absolute atomic E-state index is 0.181. The Morgan fingerprint density at radius 2 is 2.00 bits per heavy atom. The highest BCUT2D eigenvalue weighted by Gasteiger charge is 2.26. The SMILES string of the molecule is COc1ccc(OC)c(-c2nc(CN3CCCC[C@@H]3c3cccc(F)c3)c(C)o2)c1. The third-order valence-electron chi connectivity index (χ3n) is 5.73. The topological polar surface area (TPSA) is 47.7 Å². The molecule has 0 amide bonds. The average molecular weight is 410 g/mol. The van der Waals surface area contributed by atoms with E-state index >= 15 is 0 Å². The Morgan fingerprint density at radius 1 is 1.13 bits per heavy atom. The third kappa shape index (κ3) is 4.19. The van der Waals surface area contributed by atoms with Gasteiger partial charge in [-0.25, -0.2) is 9.37 Å². The normalized spacial score (nSPS) is 17.1. The second kappa shape index (κ2) is 8.88. The van der Waals surface area contributed by atoms with Gasteiger partial charge in [0.15, 0.2) is 0 Å². The van der Waals surface area contributed by atoms with Crippen molar-refractivity contribution in [3.05, 3.63) is 65.3 Å². The molecule has 1 aliphatic rings. The van der Waals surface area contributed by atoms with Crippen LogP contribution < -0.4 is 9.47 Å². The van der Waals surface area contributed by atoms with Crippen LogP contribution in [0.4, 0.5) is 4.39 Å². The van der Waals surface area contributed by atoms with Gasteiger partial charge in [-0.05, 0) is 62.2 Å². The molecule has 3 aromatic rings. The Hall–Kier alpha value is -2.86. The Labute approximate surface area is 176 Å². The van der Waals surface area contributed by atoms with E-state index in [1.807, 2.05) is 31.2 Å². The molecule has 0 unspecified atom stereocenters. The van der Waals surface area contributed by atoms with Gasteiger partial charge in [0.1, 0.15) is 23.1 Å². The summed E-state index contributed by atoms with van der Waals surface area (Å²) in [7, 11) is 3.25. The quantitative estimate of drug-likeness (QED) is 0.534. The molecule has 1 fully saturated rings. The molecule has 1 saturated heterocycles. The number of benzene rings is 2. The van der Waals surface area contributed by atoms with E-state index in [0.717, 1.165) is 48.4 Å². The molecule has 1 aromatic heterocycles. The maximum atomic E-state index is 13.8. The predicted octanol–water partition coefficient (Wildman–Crippen LogP) is 5.53. The second-order valence-electron chi connectivity index (χ2n) is 7.63. The van der Waals surface area contributed by atoms with Crippen molar-refractivity contribution in [2.45, 2.75) is 38.8 Å². The van der Waals surface area contributed by atoms with Crippen molar-refractivity contribution in [2.24, 2.45) is 0 Å². The molecule has 0 saturated carbocycles.